The van der Waals surface area contributed by atoms with Crippen LogP contribution in [0.4, 0.5) is 9.59 Å². The Morgan fingerprint density at radius 2 is 1.81 bits per heavy atom. The first-order valence-corrected chi connectivity index (χ1v) is 22.6. The van der Waals surface area contributed by atoms with Crippen LogP contribution in [0, 0.1) is 23.7 Å². The van der Waals surface area contributed by atoms with Gasteiger partial charge in [0, 0.05) is 42.4 Å². The molecule has 4 saturated heterocycles. The van der Waals surface area contributed by atoms with Gasteiger partial charge in [0.25, 0.3) is 0 Å². The molecule has 0 radical (unpaired) electrons. The number of aromatic nitrogens is 2. The number of ether oxygens (including phenoxy) is 7. The van der Waals surface area contributed by atoms with Gasteiger partial charge in [-0.15, -0.1) is 0 Å². The van der Waals surface area contributed by atoms with Crippen molar-refractivity contribution in [3.8, 4) is 11.3 Å². The molecule has 0 spiro atoms. The van der Waals surface area contributed by atoms with Crippen LogP contribution in [0.1, 0.15) is 80.2 Å². The third-order valence-corrected chi connectivity index (χ3v) is 13.7. The number of amides is 2. The number of esters is 1. The van der Waals surface area contributed by atoms with Gasteiger partial charge in [-0.1, -0.05) is 64.1 Å². The SMILES string of the molecule is C=C1COC2[C@@H](C)C(=O)O[C@H](CC)[C@@]3(C)OC(=O)NC3[C@@H](C)/C(=C/COC(=O)NCc3ccc(-c4cnccn4)cc3)[C@H](C)C[C@@](C)(OC1)[C@H](OC1O[C@H](C)C[C@H](N(C)C)[C@H]1O)[C@H]2C. The number of alkyl carbamates (subject to hydrolysis) is 2. The van der Waals surface area contributed by atoms with E-state index in [-0.39, 0.29) is 44.4 Å². The van der Waals surface area contributed by atoms with Crippen LogP contribution in [-0.2, 0) is 44.5 Å². The van der Waals surface area contributed by atoms with E-state index in [2.05, 4.69) is 34.1 Å². The van der Waals surface area contributed by atoms with Crippen molar-refractivity contribution in [3.63, 3.8) is 0 Å². The highest BCUT2D eigenvalue weighted by atomic mass is 16.7. The van der Waals surface area contributed by atoms with Gasteiger partial charge in [0.1, 0.15) is 18.8 Å². The maximum Gasteiger partial charge on any atom is 0.408 e. The van der Waals surface area contributed by atoms with E-state index >= 15 is 0 Å². The van der Waals surface area contributed by atoms with Crippen LogP contribution in [0.2, 0.25) is 0 Å². The van der Waals surface area contributed by atoms with Crippen LogP contribution in [0.15, 0.2) is 66.7 Å². The largest absolute Gasteiger partial charge is 0.458 e. The lowest BCUT2D eigenvalue weighted by atomic mass is 9.71. The number of carbonyl (C=O) groups is 3. The van der Waals surface area contributed by atoms with E-state index < -0.39 is 83.9 Å². The molecule has 1 aromatic carbocycles. The first-order chi connectivity index (χ1) is 30.3. The van der Waals surface area contributed by atoms with E-state index in [1.807, 2.05) is 84.0 Å². The van der Waals surface area contributed by atoms with Crippen LogP contribution in [0.25, 0.3) is 11.3 Å². The lowest BCUT2D eigenvalue weighted by Gasteiger charge is -2.49. The molecular weight excluding hydrogens is 823 g/mol. The zero-order chi connectivity index (χ0) is 46.5. The lowest BCUT2D eigenvalue weighted by molar-refractivity contribution is -0.302. The van der Waals surface area contributed by atoms with Gasteiger partial charge in [-0.3, -0.25) is 14.8 Å². The molecule has 2 aromatic rings. The summed E-state index contributed by atoms with van der Waals surface area (Å²) in [6, 6.07) is 6.76. The Labute approximate surface area is 377 Å². The Morgan fingerprint density at radius 3 is 2.48 bits per heavy atom. The van der Waals surface area contributed by atoms with E-state index in [1.54, 1.807) is 32.4 Å². The predicted molar refractivity (Wildman–Crippen MR) is 238 cm³/mol. The number of hydrogen-bond acceptors (Lipinski definition) is 14. The van der Waals surface area contributed by atoms with Crippen molar-refractivity contribution in [2.45, 2.75) is 141 Å². The smallest absolute Gasteiger partial charge is 0.408 e. The van der Waals surface area contributed by atoms with Crippen LogP contribution in [-0.4, -0.2) is 132 Å². The molecule has 14 atom stereocenters. The van der Waals surface area contributed by atoms with Gasteiger partial charge in [0.05, 0.1) is 61.0 Å². The Hall–Kier alpha value is -4.45. The highest BCUT2D eigenvalue weighted by Crippen LogP contribution is 2.44. The molecule has 352 valence electrons. The number of carbonyl (C=O) groups excluding carboxylic acids is 3. The minimum atomic E-state index is -1.27. The number of aliphatic hydroxyl groups is 1. The Kier molecular flexibility index (Phi) is 15.9. The summed E-state index contributed by atoms with van der Waals surface area (Å²) < 4.78 is 45.0. The number of nitrogens with one attached hydrogen (secondary N) is 2. The van der Waals surface area contributed by atoms with E-state index in [4.69, 9.17) is 33.2 Å². The van der Waals surface area contributed by atoms with Crippen LogP contribution in [0.5, 0.6) is 0 Å². The number of benzene rings is 1. The molecule has 3 N–H and O–H groups in total. The fourth-order valence-corrected chi connectivity index (χ4v) is 10.2. The van der Waals surface area contributed by atoms with Gasteiger partial charge in [0.15, 0.2) is 11.9 Å². The molecular formula is C48H69N5O11. The second-order valence-electron chi connectivity index (χ2n) is 18.8. The van der Waals surface area contributed by atoms with Gasteiger partial charge < -0.3 is 53.8 Å². The molecule has 64 heavy (non-hydrogen) atoms. The highest BCUT2D eigenvalue weighted by molar-refractivity contribution is 5.74. The van der Waals surface area contributed by atoms with Gasteiger partial charge in [-0.05, 0) is 84.2 Å². The first kappa shape index (κ1) is 49.0. The highest BCUT2D eigenvalue weighted by Gasteiger charge is 2.57. The topological polar surface area (TPSA) is 189 Å². The van der Waals surface area contributed by atoms with Gasteiger partial charge in [-0.25, -0.2) is 9.59 Å². The molecule has 1 aromatic heterocycles. The summed E-state index contributed by atoms with van der Waals surface area (Å²) in [4.78, 5) is 51.2. The Bertz CT molecular complexity index is 1970. The Balaban J connectivity index is 1.34. The molecule has 4 aliphatic heterocycles. The second-order valence-corrected chi connectivity index (χ2v) is 18.8. The number of likely N-dealkylation sites (N-methyl/N-ethyl adjacent to an activating group) is 1. The maximum absolute atomic E-state index is 14.4. The molecule has 4 aliphatic rings. The molecule has 4 fully saturated rings. The first-order valence-electron chi connectivity index (χ1n) is 22.6. The summed E-state index contributed by atoms with van der Waals surface area (Å²) in [6.45, 7) is 20.0. The summed E-state index contributed by atoms with van der Waals surface area (Å²) in [6.07, 6.45) is 2.28. The van der Waals surface area contributed by atoms with Crippen molar-refractivity contribution in [1.29, 1.82) is 0 Å². The number of nitrogens with zero attached hydrogens (tertiary/aromatic N) is 3. The van der Waals surface area contributed by atoms with Crippen molar-refractivity contribution in [3.05, 3.63) is 72.2 Å². The summed E-state index contributed by atoms with van der Waals surface area (Å²) in [5, 5.41) is 17.6. The van der Waals surface area contributed by atoms with Crippen LogP contribution in [0.3, 0.4) is 0 Å². The van der Waals surface area contributed by atoms with E-state index in [0.29, 0.717) is 24.8 Å². The second kappa shape index (κ2) is 20.8. The minimum Gasteiger partial charge on any atom is -0.458 e. The lowest BCUT2D eigenvalue weighted by Crippen LogP contribution is -2.60. The normalized spacial score (nSPS) is 37.0. The molecule has 2 amide bonds. The monoisotopic (exact) mass is 891 g/mol. The summed E-state index contributed by atoms with van der Waals surface area (Å²) in [5.74, 6) is -2.56. The van der Waals surface area contributed by atoms with E-state index in [1.165, 1.54) is 0 Å². The average Bonchev–Trinajstić information content (AvgIpc) is 3.60. The van der Waals surface area contributed by atoms with Gasteiger partial charge in [0.2, 0.25) is 0 Å². The summed E-state index contributed by atoms with van der Waals surface area (Å²) in [7, 11) is 3.84. The van der Waals surface area contributed by atoms with Gasteiger partial charge >= 0.3 is 18.2 Å². The number of fused-ring (bicyclic) bond motifs is 4. The molecule has 0 aliphatic carbocycles. The van der Waals surface area contributed by atoms with E-state index in [0.717, 1.165) is 22.4 Å². The fourth-order valence-electron chi connectivity index (χ4n) is 10.2. The molecule has 5 heterocycles. The maximum atomic E-state index is 14.4. The standard InChI is InChI=1S/C48H69N5O11/c1-12-38-48(9)41(52-46(57)64-48)30(5)35(17-20-58-45(56)51-23-33-13-15-34(16-14-33)36-24-49-18-19-50-36)28(3)22-47(8)42(63-44-39(54)37(53(10)11)21-29(4)61-44)31(6)40(32(7)43(55)62-38)59-25-27(2)26-60-47/h13-19,24,28-32,37-42,44,54H,2,12,20-23,25-26H2,1,3-11H3,(H,51,56)(H,52,57)/b35-17+/t28-,29-,30+,31+,32-,37+,38-,39-,40?,41?,42-,44?,47-,48-/m1/s1. The van der Waals surface area contributed by atoms with Crippen molar-refractivity contribution in [2.75, 3.05) is 33.9 Å². The molecule has 16 nitrogen and oxygen atoms in total. The summed E-state index contributed by atoms with van der Waals surface area (Å²) >= 11 is 0. The van der Waals surface area contributed by atoms with Crippen molar-refractivity contribution in [2.24, 2.45) is 23.7 Å². The number of rotatable bonds is 9. The molecule has 6 rings (SSSR count). The molecule has 16 heteroatoms. The molecule has 0 saturated carbocycles. The number of hydrogen-bond donors (Lipinski definition) is 3. The Morgan fingerprint density at radius 1 is 1.08 bits per heavy atom. The molecule has 3 unspecified atom stereocenters. The average molecular weight is 892 g/mol. The molecule has 2 bridgehead atoms. The minimum absolute atomic E-state index is 0.0874. The fraction of sp³-hybridized carbons (Fsp3) is 0.646. The number of aliphatic hydroxyl groups excluding tert-OH is 1. The quantitative estimate of drug-likeness (QED) is 0.152. The van der Waals surface area contributed by atoms with Crippen molar-refractivity contribution < 1.29 is 52.6 Å². The zero-order valence-electron chi connectivity index (χ0n) is 39.1. The third kappa shape index (κ3) is 11.0. The van der Waals surface area contributed by atoms with Crippen molar-refractivity contribution >= 4 is 18.2 Å². The third-order valence-electron chi connectivity index (χ3n) is 13.7. The van der Waals surface area contributed by atoms with Crippen LogP contribution >= 0.6 is 0 Å². The van der Waals surface area contributed by atoms with Gasteiger partial charge in [-0.2, -0.15) is 0 Å². The van der Waals surface area contributed by atoms with Crippen LogP contribution < -0.4 is 10.6 Å². The predicted octanol–water partition coefficient (Wildman–Crippen LogP) is 5.97. The van der Waals surface area contributed by atoms with E-state index in [9.17, 15) is 19.5 Å². The number of cyclic esters (lactones) is 1. The summed E-state index contributed by atoms with van der Waals surface area (Å²) in [5.41, 5.74) is 1.66. The zero-order valence-corrected chi connectivity index (χ0v) is 39.1. The van der Waals surface area contributed by atoms with Crippen molar-refractivity contribution in [1.82, 2.24) is 25.5 Å².